The Labute approximate surface area is 207 Å². The molecule has 5 heteroatoms. The second-order valence-electron chi connectivity index (χ2n) is 10.0. The highest BCUT2D eigenvalue weighted by Crippen LogP contribution is 2.42. The van der Waals surface area contributed by atoms with Gasteiger partial charge in [0.05, 0.1) is 17.0 Å². The van der Waals surface area contributed by atoms with Crippen LogP contribution in [0.2, 0.25) is 0 Å². The fraction of sp³-hybridized carbons (Fsp3) is 0.241. The number of halogens is 1. The lowest BCUT2D eigenvalue weighted by molar-refractivity contribution is 0.0971. The van der Waals surface area contributed by atoms with Gasteiger partial charge in [-0.2, -0.15) is 0 Å². The maximum Gasteiger partial charge on any atom is 0.295 e. The summed E-state index contributed by atoms with van der Waals surface area (Å²) in [5.74, 6) is -0.194. The zero-order chi connectivity index (χ0) is 24.4. The van der Waals surface area contributed by atoms with Gasteiger partial charge >= 0.3 is 0 Å². The van der Waals surface area contributed by atoms with E-state index in [1.54, 1.807) is 4.90 Å². The first-order valence-electron chi connectivity index (χ1n) is 11.3. The Kier molecular flexibility index (Phi) is 5.28. The van der Waals surface area contributed by atoms with Crippen LogP contribution in [0.3, 0.4) is 0 Å². The molecule has 0 radical (unpaired) electrons. The number of hydrogen-bond donors (Lipinski definition) is 0. The molecular formula is C29H26BrNO3. The molecule has 0 aliphatic carbocycles. The molecule has 2 heterocycles. The number of rotatable bonds is 2. The Hall–Kier alpha value is -3.18. The van der Waals surface area contributed by atoms with Gasteiger partial charge in [0.15, 0.2) is 5.43 Å². The number of carbonyl (C=O) groups excluding carboxylic acids is 1. The van der Waals surface area contributed by atoms with E-state index in [9.17, 15) is 9.59 Å². The normalized spacial score (nSPS) is 15.8. The number of hydrogen-bond acceptors (Lipinski definition) is 3. The number of aryl methyl sites for hydroxylation is 2. The first-order chi connectivity index (χ1) is 16.1. The SMILES string of the molecule is Cc1cc2oc3c(c(=O)c2cc1C)C(c1ccc(C(C)(C)C)cc1)N(c1cccc(Br)c1)C3=O. The van der Waals surface area contributed by atoms with E-state index in [0.29, 0.717) is 22.2 Å². The Morgan fingerprint density at radius 1 is 0.912 bits per heavy atom. The van der Waals surface area contributed by atoms with E-state index < -0.39 is 6.04 Å². The van der Waals surface area contributed by atoms with Crippen molar-refractivity contribution in [1.82, 2.24) is 0 Å². The zero-order valence-electron chi connectivity index (χ0n) is 19.9. The molecule has 0 N–H and O–H groups in total. The van der Waals surface area contributed by atoms with Crippen LogP contribution in [0.5, 0.6) is 0 Å². The van der Waals surface area contributed by atoms with Crippen LogP contribution >= 0.6 is 15.9 Å². The molecule has 0 spiro atoms. The number of carbonyl (C=O) groups is 1. The van der Waals surface area contributed by atoms with E-state index in [1.165, 1.54) is 5.56 Å². The molecule has 4 nitrogen and oxygen atoms in total. The largest absolute Gasteiger partial charge is 0.450 e. The van der Waals surface area contributed by atoms with Crippen LogP contribution in [0.15, 0.2) is 74.3 Å². The van der Waals surface area contributed by atoms with Crippen LogP contribution in [0.25, 0.3) is 11.0 Å². The van der Waals surface area contributed by atoms with Gasteiger partial charge in [-0.3, -0.25) is 14.5 Å². The van der Waals surface area contributed by atoms with Crippen LogP contribution in [0, 0.1) is 13.8 Å². The van der Waals surface area contributed by atoms with Crippen LogP contribution < -0.4 is 10.3 Å². The summed E-state index contributed by atoms with van der Waals surface area (Å²) in [6.45, 7) is 10.4. The summed E-state index contributed by atoms with van der Waals surface area (Å²) >= 11 is 3.51. The topological polar surface area (TPSA) is 50.5 Å². The zero-order valence-corrected chi connectivity index (χ0v) is 21.5. The second kappa shape index (κ2) is 7.95. The average Bonchev–Trinajstić information content (AvgIpc) is 3.07. The summed E-state index contributed by atoms with van der Waals surface area (Å²) in [4.78, 5) is 29.3. The van der Waals surface area contributed by atoms with E-state index in [-0.39, 0.29) is 22.5 Å². The van der Waals surface area contributed by atoms with Crippen LogP contribution in [-0.2, 0) is 5.41 Å². The lowest BCUT2D eigenvalue weighted by atomic mass is 9.85. The number of nitrogens with zero attached hydrogens (tertiary/aromatic N) is 1. The lowest BCUT2D eigenvalue weighted by Crippen LogP contribution is -2.29. The van der Waals surface area contributed by atoms with E-state index in [0.717, 1.165) is 21.2 Å². The summed E-state index contributed by atoms with van der Waals surface area (Å²) in [5.41, 5.74) is 5.46. The van der Waals surface area contributed by atoms with Crippen molar-refractivity contribution in [3.8, 4) is 0 Å². The van der Waals surface area contributed by atoms with Crippen molar-refractivity contribution in [1.29, 1.82) is 0 Å². The van der Waals surface area contributed by atoms with Gasteiger partial charge in [0.2, 0.25) is 5.76 Å². The minimum Gasteiger partial charge on any atom is -0.450 e. The summed E-state index contributed by atoms with van der Waals surface area (Å²) in [7, 11) is 0. The summed E-state index contributed by atoms with van der Waals surface area (Å²) in [6.07, 6.45) is 0. The van der Waals surface area contributed by atoms with Gasteiger partial charge in [-0.05, 0) is 71.8 Å². The van der Waals surface area contributed by atoms with Gasteiger partial charge in [0.1, 0.15) is 5.58 Å². The first-order valence-corrected chi connectivity index (χ1v) is 12.1. The fourth-order valence-electron chi connectivity index (χ4n) is 4.60. The molecule has 5 rings (SSSR count). The average molecular weight is 516 g/mol. The number of benzene rings is 3. The number of fused-ring (bicyclic) bond motifs is 2. The molecule has 1 unspecified atom stereocenters. The summed E-state index contributed by atoms with van der Waals surface area (Å²) < 4.78 is 6.99. The van der Waals surface area contributed by atoms with Gasteiger partial charge in [0.25, 0.3) is 5.91 Å². The molecule has 0 saturated carbocycles. The van der Waals surface area contributed by atoms with Crippen molar-refractivity contribution < 1.29 is 9.21 Å². The molecule has 1 atom stereocenters. The molecule has 0 saturated heterocycles. The first kappa shape index (κ1) is 22.6. The standard InChI is InChI=1S/C29H26BrNO3/c1-16-13-22-23(14-17(16)2)34-27-24(26(22)32)25(18-9-11-19(12-10-18)29(3,4)5)31(28(27)33)21-8-6-7-20(30)15-21/h6-15,25H,1-5H3. The highest BCUT2D eigenvalue weighted by Gasteiger charge is 2.43. The van der Waals surface area contributed by atoms with Crippen molar-refractivity contribution in [3.63, 3.8) is 0 Å². The number of amides is 1. The minimum atomic E-state index is -0.576. The molecule has 34 heavy (non-hydrogen) atoms. The third-order valence-corrected chi connectivity index (χ3v) is 7.16. The van der Waals surface area contributed by atoms with Gasteiger partial charge < -0.3 is 4.42 Å². The Bertz CT molecular complexity index is 1510. The summed E-state index contributed by atoms with van der Waals surface area (Å²) in [6, 6.07) is 18.9. The van der Waals surface area contributed by atoms with Gasteiger partial charge in [-0.1, -0.05) is 67.0 Å². The van der Waals surface area contributed by atoms with E-state index in [1.807, 2.05) is 62.4 Å². The van der Waals surface area contributed by atoms with Crippen molar-refractivity contribution in [2.75, 3.05) is 4.90 Å². The molecular weight excluding hydrogens is 490 g/mol. The molecule has 0 fully saturated rings. The molecule has 1 aliphatic heterocycles. The van der Waals surface area contributed by atoms with E-state index in [4.69, 9.17) is 4.42 Å². The molecule has 0 bridgehead atoms. The second-order valence-corrected chi connectivity index (χ2v) is 11.0. The lowest BCUT2D eigenvalue weighted by Gasteiger charge is -2.26. The molecule has 3 aromatic carbocycles. The fourth-order valence-corrected chi connectivity index (χ4v) is 4.99. The van der Waals surface area contributed by atoms with E-state index >= 15 is 0 Å². The van der Waals surface area contributed by atoms with Gasteiger partial charge in [-0.15, -0.1) is 0 Å². The van der Waals surface area contributed by atoms with Crippen molar-refractivity contribution in [2.24, 2.45) is 0 Å². The Morgan fingerprint density at radius 2 is 1.59 bits per heavy atom. The summed E-state index contributed by atoms with van der Waals surface area (Å²) in [5, 5.41) is 0.502. The molecule has 1 amide bonds. The molecule has 1 aliphatic rings. The highest BCUT2D eigenvalue weighted by molar-refractivity contribution is 9.10. The van der Waals surface area contributed by atoms with Crippen LogP contribution in [0.4, 0.5) is 5.69 Å². The Balaban J connectivity index is 1.79. The molecule has 1 aromatic heterocycles. The quantitative estimate of drug-likeness (QED) is 0.283. The predicted octanol–water partition coefficient (Wildman–Crippen LogP) is 7.22. The third-order valence-electron chi connectivity index (χ3n) is 6.67. The maximum atomic E-state index is 13.8. The molecule has 4 aromatic rings. The molecule has 172 valence electrons. The van der Waals surface area contributed by atoms with Crippen LogP contribution in [-0.4, -0.2) is 5.91 Å². The minimum absolute atomic E-state index is 0.00344. The van der Waals surface area contributed by atoms with E-state index in [2.05, 4.69) is 48.8 Å². The monoisotopic (exact) mass is 515 g/mol. The van der Waals surface area contributed by atoms with Gasteiger partial charge in [-0.25, -0.2) is 0 Å². The number of anilines is 1. The predicted molar refractivity (Wildman–Crippen MR) is 140 cm³/mol. The maximum absolute atomic E-state index is 13.8. The van der Waals surface area contributed by atoms with Crippen LogP contribution in [0.1, 0.15) is 65.2 Å². The highest BCUT2D eigenvalue weighted by atomic mass is 79.9. The van der Waals surface area contributed by atoms with Crippen molar-refractivity contribution in [2.45, 2.75) is 46.1 Å². The van der Waals surface area contributed by atoms with Crippen molar-refractivity contribution in [3.05, 3.63) is 109 Å². The smallest absolute Gasteiger partial charge is 0.295 e. The van der Waals surface area contributed by atoms with Gasteiger partial charge in [0, 0.05) is 10.2 Å². The third kappa shape index (κ3) is 3.59. The van der Waals surface area contributed by atoms with Crippen molar-refractivity contribution >= 4 is 38.5 Å². The Morgan fingerprint density at radius 3 is 2.24 bits per heavy atom.